The van der Waals surface area contributed by atoms with E-state index >= 15 is 0 Å². The van der Waals surface area contributed by atoms with E-state index in [2.05, 4.69) is 9.46 Å². The summed E-state index contributed by atoms with van der Waals surface area (Å²) in [6, 6.07) is 6.09. The van der Waals surface area contributed by atoms with Crippen LogP contribution in [0.1, 0.15) is 42.5 Å². The molecule has 1 fully saturated rings. The first kappa shape index (κ1) is 16.0. The first-order valence-corrected chi connectivity index (χ1v) is 8.70. The van der Waals surface area contributed by atoms with Crippen molar-refractivity contribution < 1.29 is 17.9 Å². The van der Waals surface area contributed by atoms with Crippen molar-refractivity contribution in [3.05, 3.63) is 29.8 Å². The Hall–Kier alpha value is -1.40. The zero-order valence-electron chi connectivity index (χ0n) is 12.2. The monoisotopic (exact) mass is 311 g/mol. The number of hydrogen-bond donors (Lipinski definition) is 1. The third-order valence-corrected chi connectivity index (χ3v) is 5.42. The summed E-state index contributed by atoms with van der Waals surface area (Å²) >= 11 is 0. The van der Waals surface area contributed by atoms with Crippen LogP contribution in [-0.2, 0) is 14.8 Å². The highest BCUT2D eigenvalue weighted by Crippen LogP contribution is 2.27. The Kier molecular flexibility index (Phi) is 5.36. The van der Waals surface area contributed by atoms with E-state index in [4.69, 9.17) is 0 Å². The van der Waals surface area contributed by atoms with Gasteiger partial charge in [0.25, 0.3) is 0 Å². The number of sulfonamides is 1. The van der Waals surface area contributed by atoms with Gasteiger partial charge < -0.3 is 4.74 Å². The molecular formula is C15H21NO4S. The number of rotatable bonds is 6. The van der Waals surface area contributed by atoms with E-state index in [0.717, 1.165) is 6.42 Å². The number of methoxy groups -OCH3 is 1. The molecular weight excluding hydrogens is 290 g/mol. The van der Waals surface area contributed by atoms with Crippen LogP contribution >= 0.6 is 0 Å². The molecule has 0 aliphatic heterocycles. The van der Waals surface area contributed by atoms with Gasteiger partial charge in [-0.2, -0.15) is 0 Å². The molecule has 0 aromatic heterocycles. The van der Waals surface area contributed by atoms with Crippen molar-refractivity contribution in [3.8, 4) is 0 Å². The van der Waals surface area contributed by atoms with Gasteiger partial charge in [-0.25, -0.2) is 17.9 Å². The molecule has 0 amide bonds. The summed E-state index contributed by atoms with van der Waals surface area (Å²) in [4.78, 5) is 11.6. The van der Waals surface area contributed by atoms with Crippen molar-refractivity contribution in [2.24, 2.45) is 5.92 Å². The molecule has 6 heteroatoms. The van der Waals surface area contributed by atoms with Crippen molar-refractivity contribution in [3.63, 3.8) is 0 Å². The van der Waals surface area contributed by atoms with Gasteiger partial charge in [0.15, 0.2) is 0 Å². The Morgan fingerprint density at radius 1 is 1.29 bits per heavy atom. The fraction of sp³-hybridized carbons (Fsp3) is 0.533. The molecule has 116 valence electrons. The fourth-order valence-electron chi connectivity index (χ4n) is 2.75. The lowest BCUT2D eigenvalue weighted by Crippen LogP contribution is -2.27. The molecule has 1 aromatic rings. The van der Waals surface area contributed by atoms with Crippen LogP contribution in [0, 0.1) is 5.92 Å². The minimum Gasteiger partial charge on any atom is -0.465 e. The van der Waals surface area contributed by atoms with E-state index in [0.29, 0.717) is 12.5 Å². The molecule has 0 radical (unpaired) electrons. The van der Waals surface area contributed by atoms with E-state index in [1.165, 1.54) is 44.9 Å². The lowest BCUT2D eigenvalue weighted by Gasteiger charge is -2.12. The Morgan fingerprint density at radius 2 is 1.95 bits per heavy atom. The largest absolute Gasteiger partial charge is 0.465 e. The molecule has 0 bridgehead atoms. The van der Waals surface area contributed by atoms with Crippen LogP contribution in [0.25, 0.3) is 0 Å². The predicted octanol–water partition coefficient (Wildman–Crippen LogP) is 2.33. The molecule has 1 aromatic carbocycles. The van der Waals surface area contributed by atoms with Crippen LogP contribution in [0.2, 0.25) is 0 Å². The maximum atomic E-state index is 12.3. The number of carbonyl (C=O) groups is 1. The van der Waals surface area contributed by atoms with Gasteiger partial charge in [-0.05, 0) is 24.5 Å². The number of carbonyl (C=O) groups excluding carboxylic acids is 1. The number of ether oxygens (including phenoxy) is 1. The Labute approximate surface area is 125 Å². The zero-order valence-corrected chi connectivity index (χ0v) is 13.0. The topological polar surface area (TPSA) is 72.5 Å². The summed E-state index contributed by atoms with van der Waals surface area (Å²) < 4.78 is 31.9. The van der Waals surface area contributed by atoms with E-state index in [-0.39, 0.29) is 10.5 Å². The van der Waals surface area contributed by atoms with Crippen LogP contribution in [0.5, 0.6) is 0 Å². The maximum Gasteiger partial charge on any atom is 0.339 e. The molecule has 1 saturated carbocycles. The summed E-state index contributed by atoms with van der Waals surface area (Å²) in [6.07, 6.45) is 5.69. The quantitative estimate of drug-likeness (QED) is 0.818. The van der Waals surface area contributed by atoms with E-state index < -0.39 is 16.0 Å². The second-order valence-corrected chi connectivity index (χ2v) is 7.06. The lowest BCUT2D eigenvalue weighted by molar-refractivity contribution is 0.0596. The summed E-state index contributed by atoms with van der Waals surface area (Å²) in [5.41, 5.74) is 0.0633. The Bertz CT molecular complexity index is 591. The van der Waals surface area contributed by atoms with Gasteiger partial charge in [0, 0.05) is 6.54 Å². The van der Waals surface area contributed by atoms with E-state index in [1.54, 1.807) is 12.1 Å². The minimum absolute atomic E-state index is 0.0247. The molecule has 0 unspecified atom stereocenters. The average Bonchev–Trinajstić information content (AvgIpc) is 2.99. The van der Waals surface area contributed by atoms with E-state index in [9.17, 15) is 13.2 Å². The highest BCUT2D eigenvalue weighted by molar-refractivity contribution is 7.89. The fourth-order valence-corrected chi connectivity index (χ4v) is 3.99. The molecule has 5 nitrogen and oxygen atoms in total. The second kappa shape index (κ2) is 7.04. The average molecular weight is 311 g/mol. The predicted molar refractivity (Wildman–Crippen MR) is 79.5 cm³/mol. The number of nitrogens with one attached hydrogen (secondary N) is 1. The molecule has 0 spiro atoms. The van der Waals surface area contributed by atoms with Gasteiger partial charge >= 0.3 is 5.97 Å². The first-order valence-electron chi connectivity index (χ1n) is 7.21. The molecule has 0 heterocycles. The highest BCUT2D eigenvalue weighted by Gasteiger charge is 2.23. The van der Waals surface area contributed by atoms with Gasteiger partial charge in [-0.15, -0.1) is 0 Å². The van der Waals surface area contributed by atoms with Crippen LogP contribution in [-0.4, -0.2) is 28.0 Å². The summed E-state index contributed by atoms with van der Waals surface area (Å²) in [5, 5.41) is 0. The Balaban J connectivity index is 2.06. The Morgan fingerprint density at radius 3 is 2.62 bits per heavy atom. The van der Waals surface area contributed by atoms with Gasteiger partial charge in [-0.3, -0.25) is 0 Å². The number of hydrogen-bond acceptors (Lipinski definition) is 4. The molecule has 0 saturated heterocycles. The summed E-state index contributed by atoms with van der Waals surface area (Å²) in [5.74, 6) is -0.0321. The summed E-state index contributed by atoms with van der Waals surface area (Å²) in [7, 11) is -2.45. The third kappa shape index (κ3) is 4.04. The zero-order chi connectivity index (χ0) is 15.3. The van der Waals surface area contributed by atoms with Crippen molar-refractivity contribution in [2.75, 3.05) is 13.7 Å². The molecule has 1 aliphatic carbocycles. The molecule has 2 rings (SSSR count). The highest BCUT2D eigenvalue weighted by atomic mass is 32.2. The third-order valence-electron chi connectivity index (χ3n) is 3.90. The molecule has 0 atom stereocenters. The van der Waals surface area contributed by atoms with Crippen LogP contribution < -0.4 is 4.72 Å². The first-order chi connectivity index (χ1) is 10.0. The van der Waals surface area contributed by atoms with Crippen molar-refractivity contribution in [1.82, 2.24) is 4.72 Å². The maximum absolute atomic E-state index is 12.3. The smallest absolute Gasteiger partial charge is 0.339 e. The second-order valence-electron chi connectivity index (χ2n) is 5.32. The van der Waals surface area contributed by atoms with E-state index in [1.807, 2.05) is 0 Å². The van der Waals surface area contributed by atoms with Crippen LogP contribution in [0.4, 0.5) is 0 Å². The van der Waals surface area contributed by atoms with Crippen LogP contribution in [0.3, 0.4) is 0 Å². The SMILES string of the molecule is COC(=O)c1ccccc1S(=O)(=O)NCCC1CCCC1. The molecule has 1 N–H and O–H groups in total. The molecule has 1 aliphatic rings. The van der Waals surface area contributed by atoms with Gasteiger partial charge in [-0.1, -0.05) is 37.8 Å². The van der Waals surface area contributed by atoms with Gasteiger partial charge in [0.1, 0.15) is 0 Å². The van der Waals surface area contributed by atoms with Crippen molar-refractivity contribution in [1.29, 1.82) is 0 Å². The van der Waals surface area contributed by atoms with Crippen LogP contribution in [0.15, 0.2) is 29.2 Å². The number of esters is 1. The normalized spacial score (nSPS) is 16.0. The molecule has 21 heavy (non-hydrogen) atoms. The standard InChI is InChI=1S/C15H21NO4S/c1-20-15(17)13-8-4-5-9-14(13)21(18,19)16-11-10-12-6-2-3-7-12/h4-5,8-9,12,16H,2-3,6-7,10-11H2,1H3. The van der Waals surface area contributed by atoms with Gasteiger partial charge in [0.2, 0.25) is 10.0 Å². The summed E-state index contributed by atoms with van der Waals surface area (Å²) in [6.45, 7) is 0.405. The van der Waals surface area contributed by atoms with Crippen molar-refractivity contribution >= 4 is 16.0 Å². The number of benzene rings is 1. The lowest BCUT2D eigenvalue weighted by atomic mass is 10.1. The van der Waals surface area contributed by atoms with Gasteiger partial charge in [0.05, 0.1) is 17.6 Å². The minimum atomic E-state index is -3.69. The van der Waals surface area contributed by atoms with Crippen molar-refractivity contribution in [2.45, 2.75) is 37.0 Å².